The first-order chi connectivity index (χ1) is 15.7. The van der Waals surface area contributed by atoms with E-state index in [1.807, 2.05) is 13.8 Å². The van der Waals surface area contributed by atoms with E-state index in [2.05, 4.69) is 5.32 Å². The molecule has 0 aliphatic carbocycles. The third-order valence-corrected chi connectivity index (χ3v) is 4.70. The number of benzene rings is 2. The number of carbonyl (C=O) groups excluding carboxylic acids is 2. The molecule has 2 atom stereocenters. The summed E-state index contributed by atoms with van der Waals surface area (Å²) < 4.78 is 10.4. The monoisotopic (exact) mass is 458 g/mol. The molecule has 3 N–H and O–H groups in total. The number of nitrogens with one attached hydrogen (secondary N) is 1. The Kier molecular flexibility index (Phi) is 9.68. The lowest BCUT2D eigenvalue weighted by atomic mass is 10.0. The van der Waals surface area contributed by atoms with Crippen LogP contribution < -0.4 is 14.8 Å². The summed E-state index contributed by atoms with van der Waals surface area (Å²) in [6, 6.07) is 13.9. The maximum atomic E-state index is 13.0. The smallest absolute Gasteiger partial charge is 0.342 e. The van der Waals surface area contributed by atoms with Crippen molar-refractivity contribution < 1.29 is 34.1 Å². The van der Waals surface area contributed by atoms with Crippen LogP contribution in [0, 0.1) is 5.92 Å². The molecule has 0 spiro atoms. The highest BCUT2D eigenvalue weighted by Gasteiger charge is 2.27. The van der Waals surface area contributed by atoms with Crippen molar-refractivity contribution in [2.45, 2.75) is 32.4 Å². The second-order valence-corrected chi connectivity index (χ2v) is 7.90. The summed E-state index contributed by atoms with van der Waals surface area (Å²) >= 11 is 0. The Morgan fingerprint density at radius 3 is 2.15 bits per heavy atom. The fourth-order valence-electron chi connectivity index (χ4n) is 3.20. The fourth-order valence-corrected chi connectivity index (χ4v) is 3.20. The van der Waals surface area contributed by atoms with Gasteiger partial charge in [0.1, 0.15) is 0 Å². The number of carboxylic acids is 1. The second-order valence-electron chi connectivity index (χ2n) is 7.90. The minimum Gasteiger partial charge on any atom is -0.493 e. The van der Waals surface area contributed by atoms with Crippen molar-refractivity contribution >= 4 is 18.0 Å². The number of carboxylic acid groups (broad SMARTS) is 1. The van der Waals surface area contributed by atoms with Crippen molar-refractivity contribution in [2.75, 3.05) is 20.2 Å². The molecule has 178 valence electrons. The van der Waals surface area contributed by atoms with Crippen molar-refractivity contribution in [3.8, 4) is 11.5 Å². The van der Waals surface area contributed by atoms with Crippen molar-refractivity contribution in [3.05, 3.63) is 60.2 Å². The van der Waals surface area contributed by atoms with Gasteiger partial charge in [-0.2, -0.15) is 0 Å². The fraction of sp³-hybridized carbons (Fsp3) is 0.375. The van der Waals surface area contributed by atoms with Gasteiger partial charge in [0, 0.05) is 6.54 Å². The molecule has 2 aromatic rings. The van der Waals surface area contributed by atoms with Crippen molar-refractivity contribution in [1.29, 1.82) is 0 Å². The van der Waals surface area contributed by atoms with E-state index in [1.54, 1.807) is 48.5 Å². The van der Waals surface area contributed by atoms with E-state index in [1.165, 1.54) is 18.1 Å². The van der Waals surface area contributed by atoms with Crippen LogP contribution in [0.15, 0.2) is 54.6 Å². The van der Waals surface area contributed by atoms with Crippen LogP contribution in [0.25, 0.3) is 0 Å². The normalized spacial score (nSPS) is 12.5. The minimum atomic E-state index is -1.62. The van der Waals surface area contributed by atoms with E-state index in [4.69, 9.17) is 9.47 Å². The van der Waals surface area contributed by atoms with E-state index in [9.17, 15) is 24.6 Å². The molecule has 9 nitrogen and oxygen atoms in total. The Bertz CT molecular complexity index is 933. The van der Waals surface area contributed by atoms with Gasteiger partial charge in [-0.1, -0.05) is 56.3 Å². The Balaban J connectivity index is 2.12. The van der Waals surface area contributed by atoms with Crippen LogP contribution in [-0.2, 0) is 9.59 Å². The predicted octanol–water partition coefficient (Wildman–Crippen LogP) is 2.85. The SMILES string of the molecule is COc1ccccc1OC(=O)C(O)CN(CC(C)C)C(=O)NC(CC(=O)O)c1ccccc1. The maximum absolute atomic E-state index is 13.0. The number of aliphatic hydroxyl groups is 1. The summed E-state index contributed by atoms with van der Waals surface area (Å²) in [5.41, 5.74) is 0.633. The van der Waals surface area contributed by atoms with Gasteiger partial charge in [0.15, 0.2) is 17.6 Å². The zero-order chi connectivity index (χ0) is 24.4. The van der Waals surface area contributed by atoms with Crippen LogP contribution in [0.5, 0.6) is 11.5 Å². The molecular weight excluding hydrogens is 428 g/mol. The average molecular weight is 459 g/mol. The van der Waals surface area contributed by atoms with Gasteiger partial charge < -0.3 is 29.9 Å². The highest BCUT2D eigenvalue weighted by Crippen LogP contribution is 2.26. The Morgan fingerprint density at radius 1 is 0.970 bits per heavy atom. The third kappa shape index (κ3) is 8.12. The van der Waals surface area contributed by atoms with Gasteiger partial charge in [0.2, 0.25) is 0 Å². The summed E-state index contributed by atoms with van der Waals surface area (Å²) in [5, 5.41) is 22.4. The first-order valence-corrected chi connectivity index (χ1v) is 10.6. The lowest BCUT2D eigenvalue weighted by molar-refractivity contribution is -0.144. The zero-order valence-electron chi connectivity index (χ0n) is 18.9. The van der Waals surface area contributed by atoms with E-state index in [0.29, 0.717) is 11.3 Å². The number of amides is 2. The molecule has 0 bridgehead atoms. The topological polar surface area (TPSA) is 125 Å². The van der Waals surface area contributed by atoms with Gasteiger partial charge in [0.25, 0.3) is 0 Å². The molecule has 0 aromatic heterocycles. The third-order valence-electron chi connectivity index (χ3n) is 4.70. The molecule has 2 unspecified atom stereocenters. The van der Waals surface area contributed by atoms with Crippen LogP contribution in [0.1, 0.15) is 31.9 Å². The van der Waals surface area contributed by atoms with Crippen molar-refractivity contribution in [3.63, 3.8) is 0 Å². The van der Waals surface area contributed by atoms with Gasteiger partial charge >= 0.3 is 18.0 Å². The number of carbonyl (C=O) groups is 3. The van der Waals surface area contributed by atoms with Gasteiger partial charge in [0.05, 0.1) is 26.1 Å². The summed E-state index contributed by atoms with van der Waals surface area (Å²) in [4.78, 5) is 38.1. The zero-order valence-corrected chi connectivity index (χ0v) is 18.9. The minimum absolute atomic E-state index is 0.0304. The summed E-state index contributed by atoms with van der Waals surface area (Å²) in [5.74, 6) is -1.50. The van der Waals surface area contributed by atoms with Crippen molar-refractivity contribution in [2.24, 2.45) is 5.92 Å². The van der Waals surface area contributed by atoms with Crippen LogP contribution >= 0.6 is 0 Å². The quantitative estimate of drug-likeness (QED) is 0.349. The molecule has 33 heavy (non-hydrogen) atoms. The number of rotatable bonds is 11. The number of nitrogens with zero attached hydrogens (tertiary/aromatic N) is 1. The summed E-state index contributed by atoms with van der Waals surface area (Å²) in [7, 11) is 1.43. The number of methoxy groups -OCH3 is 1. The largest absolute Gasteiger partial charge is 0.493 e. The van der Waals surface area contributed by atoms with Crippen LogP contribution in [0.4, 0.5) is 4.79 Å². The van der Waals surface area contributed by atoms with Gasteiger partial charge in [-0.15, -0.1) is 0 Å². The van der Waals surface area contributed by atoms with Crippen LogP contribution in [0.3, 0.4) is 0 Å². The molecule has 2 amide bonds. The molecule has 0 aliphatic heterocycles. The number of ether oxygens (including phenoxy) is 2. The number of urea groups is 1. The number of aliphatic hydroxyl groups excluding tert-OH is 1. The highest BCUT2D eigenvalue weighted by molar-refractivity contribution is 5.80. The Morgan fingerprint density at radius 2 is 1.58 bits per heavy atom. The number of esters is 1. The molecule has 0 radical (unpaired) electrons. The van der Waals surface area contributed by atoms with E-state index >= 15 is 0 Å². The molecule has 2 rings (SSSR count). The van der Waals surface area contributed by atoms with Gasteiger partial charge in [-0.05, 0) is 23.6 Å². The van der Waals surface area contributed by atoms with Gasteiger partial charge in [-0.3, -0.25) is 4.79 Å². The molecule has 0 fully saturated rings. The lowest BCUT2D eigenvalue weighted by Gasteiger charge is -2.29. The number of hydrogen-bond acceptors (Lipinski definition) is 6. The number of para-hydroxylation sites is 2. The standard InChI is InChI=1S/C24H30N2O7/c1-16(2)14-26(15-19(27)23(30)33-21-12-8-7-11-20(21)32-3)24(31)25-18(13-22(28)29)17-9-5-4-6-10-17/h4-12,16,18-19,27H,13-15H2,1-3H3,(H,25,31)(H,28,29). The van der Waals surface area contributed by atoms with Crippen LogP contribution in [0.2, 0.25) is 0 Å². The molecule has 0 saturated heterocycles. The maximum Gasteiger partial charge on any atom is 0.342 e. The van der Waals surface area contributed by atoms with E-state index in [0.717, 1.165) is 0 Å². The van der Waals surface area contributed by atoms with Crippen molar-refractivity contribution in [1.82, 2.24) is 10.2 Å². The summed E-state index contributed by atoms with van der Waals surface area (Å²) in [6.45, 7) is 3.67. The van der Waals surface area contributed by atoms with E-state index < -0.39 is 30.1 Å². The molecule has 0 saturated carbocycles. The van der Waals surface area contributed by atoms with Gasteiger partial charge in [-0.25, -0.2) is 9.59 Å². The Labute approximate surface area is 192 Å². The second kappa shape index (κ2) is 12.4. The summed E-state index contributed by atoms with van der Waals surface area (Å²) in [6.07, 6.45) is -1.93. The average Bonchev–Trinajstić information content (AvgIpc) is 2.78. The van der Waals surface area contributed by atoms with E-state index in [-0.39, 0.29) is 31.2 Å². The first kappa shape index (κ1) is 25.7. The molecule has 9 heteroatoms. The van der Waals surface area contributed by atoms with Crippen LogP contribution in [-0.4, -0.2) is 59.4 Å². The first-order valence-electron chi connectivity index (χ1n) is 10.6. The molecular formula is C24H30N2O7. The molecule has 0 aliphatic rings. The number of aliphatic carboxylic acids is 1. The Hall–Kier alpha value is -3.59. The molecule has 0 heterocycles. The predicted molar refractivity (Wildman–Crippen MR) is 121 cm³/mol. The number of hydrogen-bond donors (Lipinski definition) is 3. The molecule has 2 aromatic carbocycles. The highest BCUT2D eigenvalue weighted by atomic mass is 16.6. The lowest BCUT2D eigenvalue weighted by Crippen LogP contribution is -2.48.